The first-order valence-corrected chi connectivity index (χ1v) is 4.50. The minimum Gasteiger partial charge on any atom is -0.388 e. The highest BCUT2D eigenvalue weighted by Crippen LogP contribution is 2.24. The van der Waals surface area contributed by atoms with Gasteiger partial charge < -0.3 is 16.3 Å². The molecule has 84 valence electrons. The molecule has 0 spiro atoms. The Morgan fingerprint density at radius 3 is 2.27 bits per heavy atom. The lowest BCUT2D eigenvalue weighted by Gasteiger charge is -2.04. The maximum absolute atomic E-state index is 5.87. The van der Waals surface area contributed by atoms with Crippen LogP contribution < -0.4 is 11.5 Å². The normalized spacial score (nSPS) is 8.93. The van der Waals surface area contributed by atoms with Crippen LogP contribution in [0.3, 0.4) is 0 Å². The van der Waals surface area contributed by atoms with Crippen molar-refractivity contribution in [2.75, 3.05) is 0 Å². The van der Waals surface area contributed by atoms with Gasteiger partial charge in [0.1, 0.15) is 6.61 Å². The van der Waals surface area contributed by atoms with Gasteiger partial charge in [-0.1, -0.05) is 29.3 Å². The lowest BCUT2D eigenvalue weighted by Crippen LogP contribution is -2.22. The summed E-state index contributed by atoms with van der Waals surface area (Å²) in [7, 11) is 0. The largest absolute Gasteiger partial charge is 0.388 e. The van der Waals surface area contributed by atoms with Crippen molar-refractivity contribution in [2.45, 2.75) is 6.61 Å². The quantitative estimate of drug-likeness (QED) is 0.502. The molecule has 0 aliphatic heterocycles. The van der Waals surface area contributed by atoms with Gasteiger partial charge in [-0.05, 0) is 17.3 Å². The van der Waals surface area contributed by atoms with E-state index in [0.29, 0.717) is 15.6 Å². The second-order valence-electron chi connectivity index (χ2n) is 2.49. The van der Waals surface area contributed by atoms with Crippen LogP contribution in [0.4, 0.5) is 0 Å². The van der Waals surface area contributed by atoms with Crippen LogP contribution in [-0.4, -0.2) is 5.96 Å². The van der Waals surface area contributed by atoms with Crippen molar-refractivity contribution >= 4 is 41.6 Å². The van der Waals surface area contributed by atoms with Crippen LogP contribution in [0.1, 0.15) is 5.56 Å². The van der Waals surface area contributed by atoms with Gasteiger partial charge in [-0.25, -0.2) is 0 Å². The predicted molar refractivity (Wildman–Crippen MR) is 64.3 cm³/mol. The van der Waals surface area contributed by atoms with Gasteiger partial charge in [0.05, 0.1) is 0 Å². The van der Waals surface area contributed by atoms with E-state index in [2.05, 4.69) is 5.16 Å². The molecule has 0 aromatic heterocycles. The predicted octanol–water partition coefficient (Wildman–Crippen LogP) is 2.12. The summed E-state index contributed by atoms with van der Waals surface area (Å²) >= 11 is 11.7. The van der Waals surface area contributed by atoms with Gasteiger partial charge in [0, 0.05) is 15.6 Å². The molecule has 4 N–H and O–H groups in total. The molecule has 0 saturated carbocycles. The molecule has 0 fully saturated rings. The van der Waals surface area contributed by atoms with Gasteiger partial charge in [0.15, 0.2) is 0 Å². The molecular weight excluding hydrogens is 260 g/mol. The molecule has 0 bridgehead atoms. The Balaban J connectivity index is 0.00000196. The summed E-state index contributed by atoms with van der Waals surface area (Å²) in [6.07, 6.45) is 0. The van der Waals surface area contributed by atoms with Crippen LogP contribution >= 0.6 is 35.6 Å². The third kappa shape index (κ3) is 4.46. The standard InChI is InChI=1S/C8H9Cl2N3O.ClH/c9-6-2-1-3-7(10)5(6)4-14-13-8(11)12;/h1-3H,4H2,(H4,11,12,13);1H. The minimum atomic E-state index is -0.145. The van der Waals surface area contributed by atoms with Crippen LogP contribution in [0, 0.1) is 0 Å². The zero-order valence-corrected chi connectivity index (χ0v) is 9.94. The molecule has 4 nitrogen and oxygen atoms in total. The molecular formula is C8H10Cl3N3O. The maximum atomic E-state index is 5.87. The summed E-state index contributed by atoms with van der Waals surface area (Å²) in [6, 6.07) is 5.16. The van der Waals surface area contributed by atoms with E-state index in [4.69, 9.17) is 39.5 Å². The van der Waals surface area contributed by atoms with Crippen LogP contribution in [0.5, 0.6) is 0 Å². The number of oxime groups is 1. The summed E-state index contributed by atoms with van der Waals surface area (Å²) in [5.41, 5.74) is 10.8. The van der Waals surface area contributed by atoms with Gasteiger partial charge in [0.25, 0.3) is 0 Å². The van der Waals surface area contributed by atoms with Gasteiger partial charge in [0.2, 0.25) is 5.96 Å². The zero-order valence-electron chi connectivity index (χ0n) is 7.61. The van der Waals surface area contributed by atoms with E-state index in [1.807, 2.05) is 0 Å². The molecule has 7 heteroatoms. The average Bonchev–Trinajstić information content (AvgIpc) is 2.09. The van der Waals surface area contributed by atoms with E-state index in [1.165, 1.54) is 0 Å². The van der Waals surface area contributed by atoms with Crippen molar-refractivity contribution in [1.29, 1.82) is 0 Å². The molecule has 1 rings (SSSR count). The minimum absolute atomic E-state index is 0. The van der Waals surface area contributed by atoms with Crippen molar-refractivity contribution < 1.29 is 4.84 Å². The van der Waals surface area contributed by atoms with Crippen molar-refractivity contribution in [3.8, 4) is 0 Å². The third-order valence-electron chi connectivity index (χ3n) is 1.44. The van der Waals surface area contributed by atoms with Gasteiger partial charge in [-0.2, -0.15) is 0 Å². The molecule has 0 atom stereocenters. The number of nitrogens with two attached hydrogens (primary N) is 2. The number of rotatable bonds is 3. The lowest BCUT2D eigenvalue weighted by molar-refractivity contribution is 0.130. The molecule has 0 aliphatic carbocycles. The summed E-state index contributed by atoms with van der Waals surface area (Å²) in [6.45, 7) is 0.135. The fraction of sp³-hybridized carbons (Fsp3) is 0.125. The average molecular weight is 271 g/mol. The second-order valence-corrected chi connectivity index (χ2v) is 3.30. The second kappa shape index (κ2) is 6.61. The van der Waals surface area contributed by atoms with Crippen molar-refractivity contribution in [3.63, 3.8) is 0 Å². The monoisotopic (exact) mass is 269 g/mol. The molecule has 0 radical (unpaired) electrons. The van der Waals surface area contributed by atoms with Crippen molar-refractivity contribution in [2.24, 2.45) is 16.6 Å². The number of benzene rings is 1. The Labute approximate surface area is 104 Å². The molecule has 0 aliphatic rings. The number of nitrogens with zero attached hydrogens (tertiary/aromatic N) is 1. The topological polar surface area (TPSA) is 73.6 Å². The van der Waals surface area contributed by atoms with Crippen LogP contribution in [0.2, 0.25) is 10.0 Å². The highest BCUT2D eigenvalue weighted by Gasteiger charge is 2.05. The Kier molecular flexibility index (Phi) is 6.24. The Hall–Kier alpha value is -0.840. The van der Waals surface area contributed by atoms with Crippen molar-refractivity contribution in [1.82, 2.24) is 0 Å². The van der Waals surface area contributed by atoms with E-state index in [1.54, 1.807) is 18.2 Å². The number of hydrogen-bond acceptors (Lipinski definition) is 2. The van der Waals surface area contributed by atoms with E-state index in [-0.39, 0.29) is 25.0 Å². The molecule has 0 heterocycles. The lowest BCUT2D eigenvalue weighted by atomic mass is 10.2. The van der Waals surface area contributed by atoms with Crippen LogP contribution in [0.25, 0.3) is 0 Å². The Bertz CT molecular complexity index is 333. The summed E-state index contributed by atoms with van der Waals surface area (Å²) in [5.74, 6) is -0.145. The smallest absolute Gasteiger partial charge is 0.228 e. The summed E-state index contributed by atoms with van der Waals surface area (Å²) in [5, 5.41) is 4.39. The summed E-state index contributed by atoms with van der Waals surface area (Å²) < 4.78 is 0. The summed E-state index contributed by atoms with van der Waals surface area (Å²) in [4.78, 5) is 4.81. The highest BCUT2D eigenvalue weighted by molar-refractivity contribution is 6.35. The maximum Gasteiger partial charge on any atom is 0.228 e. The fourth-order valence-electron chi connectivity index (χ4n) is 0.842. The number of halogens is 3. The number of guanidine groups is 1. The van der Waals surface area contributed by atoms with E-state index < -0.39 is 0 Å². The van der Waals surface area contributed by atoms with Crippen LogP contribution in [0.15, 0.2) is 23.4 Å². The molecule has 0 amide bonds. The van der Waals surface area contributed by atoms with E-state index >= 15 is 0 Å². The van der Waals surface area contributed by atoms with Gasteiger partial charge >= 0.3 is 0 Å². The zero-order chi connectivity index (χ0) is 10.6. The highest BCUT2D eigenvalue weighted by atomic mass is 35.5. The molecule has 0 unspecified atom stereocenters. The van der Waals surface area contributed by atoms with E-state index in [0.717, 1.165) is 0 Å². The number of hydrogen-bond donors (Lipinski definition) is 2. The Morgan fingerprint density at radius 1 is 1.27 bits per heavy atom. The fourth-order valence-corrected chi connectivity index (χ4v) is 1.35. The van der Waals surface area contributed by atoms with Gasteiger partial charge in [-0.15, -0.1) is 12.4 Å². The Morgan fingerprint density at radius 2 is 1.80 bits per heavy atom. The van der Waals surface area contributed by atoms with Crippen molar-refractivity contribution in [3.05, 3.63) is 33.8 Å². The molecule has 1 aromatic rings. The SMILES string of the molecule is Cl.NC(N)=NOCc1c(Cl)cccc1Cl. The first kappa shape index (κ1) is 14.2. The third-order valence-corrected chi connectivity index (χ3v) is 2.15. The molecule has 0 saturated heterocycles. The van der Waals surface area contributed by atoms with Crippen LogP contribution in [-0.2, 0) is 11.4 Å². The van der Waals surface area contributed by atoms with Gasteiger partial charge in [-0.3, -0.25) is 0 Å². The van der Waals surface area contributed by atoms with E-state index in [9.17, 15) is 0 Å². The first-order valence-electron chi connectivity index (χ1n) is 3.75. The molecule has 15 heavy (non-hydrogen) atoms. The first-order chi connectivity index (χ1) is 6.61. The molecule has 1 aromatic carbocycles.